The lowest BCUT2D eigenvalue weighted by Gasteiger charge is -2.29. The molecule has 2 aliphatic rings. The van der Waals surface area contributed by atoms with E-state index in [2.05, 4.69) is 20.9 Å². The Morgan fingerprint density at radius 3 is 3.10 bits per heavy atom. The van der Waals surface area contributed by atoms with E-state index in [1.54, 1.807) is 0 Å². The smallest absolute Gasteiger partial charge is 0.160 e. The van der Waals surface area contributed by atoms with Crippen molar-refractivity contribution in [2.24, 2.45) is 0 Å². The Balaban J connectivity index is 1.79. The molecule has 0 radical (unpaired) electrons. The van der Waals surface area contributed by atoms with Crippen LogP contribution < -0.4 is 5.32 Å². The van der Waals surface area contributed by atoms with Crippen LogP contribution in [0.2, 0.25) is 0 Å². The van der Waals surface area contributed by atoms with Crippen molar-refractivity contribution in [1.82, 2.24) is 19.9 Å². The van der Waals surface area contributed by atoms with Crippen molar-refractivity contribution in [3.63, 3.8) is 0 Å². The molecule has 1 N–H and O–H groups in total. The summed E-state index contributed by atoms with van der Waals surface area (Å²) in [5.74, 6) is 1.70. The van der Waals surface area contributed by atoms with Crippen LogP contribution in [0.4, 0.5) is 0 Å². The van der Waals surface area contributed by atoms with Gasteiger partial charge in [0, 0.05) is 25.3 Å². The number of hydrogen-bond acceptors (Lipinski definition) is 4. The molecule has 0 saturated carbocycles. The molecule has 0 aliphatic carbocycles. The van der Waals surface area contributed by atoms with Crippen LogP contribution in [0.3, 0.4) is 0 Å². The number of pyridine rings is 1. The molecule has 2 atom stereocenters. The monoisotopic (exact) mass is 286 g/mol. The Morgan fingerprint density at radius 1 is 1.29 bits per heavy atom. The van der Waals surface area contributed by atoms with Crippen molar-refractivity contribution < 1.29 is 4.74 Å². The first-order valence-electron chi connectivity index (χ1n) is 8.05. The molecule has 4 rings (SSSR count). The zero-order chi connectivity index (χ0) is 14.1. The molecule has 2 fully saturated rings. The highest BCUT2D eigenvalue weighted by Gasteiger charge is 2.27. The van der Waals surface area contributed by atoms with Crippen molar-refractivity contribution in [2.75, 3.05) is 26.3 Å². The molecule has 2 unspecified atom stereocenters. The maximum Gasteiger partial charge on any atom is 0.160 e. The minimum Gasteiger partial charge on any atom is -0.379 e. The minimum absolute atomic E-state index is 0.385. The van der Waals surface area contributed by atoms with E-state index >= 15 is 0 Å². The van der Waals surface area contributed by atoms with Crippen LogP contribution in [0, 0.1) is 0 Å². The van der Waals surface area contributed by atoms with Crippen LogP contribution >= 0.6 is 0 Å². The summed E-state index contributed by atoms with van der Waals surface area (Å²) in [5.41, 5.74) is 2.04. The molecular weight excluding hydrogens is 264 g/mol. The summed E-state index contributed by atoms with van der Waals surface area (Å²) in [6.07, 6.45) is 6.59. The number of nitrogens with one attached hydrogen (secondary N) is 1. The SMILES string of the molecule is c1cnc2c(c1)nc(C1CCCNC1)n2C1CCCOC1. The highest BCUT2D eigenvalue weighted by Crippen LogP contribution is 2.31. The summed E-state index contributed by atoms with van der Waals surface area (Å²) < 4.78 is 8.07. The summed E-state index contributed by atoms with van der Waals surface area (Å²) in [4.78, 5) is 9.51. The highest BCUT2D eigenvalue weighted by molar-refractivity contribution is 5.71. The Labute approximate surface area is 124 Å². The first kappa shape index (κ1) is 13.2. The molecule has 5 heteroatoms. The van der Waals surface area contributed by atoms with Gasteiger partial charge in [0.1, 0.15) is 11.3 Å². The Bertz CT molecular complexity index is 612. The number of piperidine rings is 1. The van der Waals surface area contributed by atoms with Gasteiger partial charge in [-0.2, -0.15) is 0 Å². The molecule has 0 bridgehead atoms. The third-order valence-electron chi connectivity index (χ3n) is 4.64. The number of rotatable bonds is 2. The van der Waals surface area contributed by atoms with E-state index < -0.39 is 0 Å². The summed E-state index contributed by atoms with van der Waals surface area (Å²) in [7, 11) is 0. The van der Waals surface area contributed by atoms with Crippen molar-refractivity contribution in [1.29, 1.82) is 0 Å². The van der Waals surface area contributed by atoms with E-state index in [-0.39, 0.29) is 0 Å². The minimum atomic E-state index is 0.385. The van der Waals surface area contributed by atoms with Crippen molar-refractivity contribution in [3.05, 3.63) is 24.2 Å². The standard InChI is InChI=1S/C16H22N4O/c1-4-12(10-17-7-1)15-19-14-6-2-8-18-16(14)20(15)13-5-3-9-21-11-13/h2,6,8,12-13,17H,1,3-5,7,9-11H2. The molecule has 2 aliphatic heterocycles. The molecule has 5 nitrogen and oxygen atoms in total. The fraction of sp³-hybridized carbons (Fsp3) is 0.625. The number of aromatic nitrogens is 3. The third-order valence-corrected chi connectivity index (χ3v) is 4.64. The van der Waals surface area contributed by atoms with Crippen molar-refractivity contribution in [3.8, 4) is 0 Å². The molecule has 4 heterocycles. The van der Waals surface area contributed by atoms with E-state index in [0.29, 0.717) is 12.0 Å². The van der Waals surface area contributed by atoms with Gasteiger partial charge in [-0.05, 0) is 44.4 Å². The Kier molecular flexibility index (Phi) is 3.61. The van der Waals surface area contributed by atoms with Crippen LogP contribution in [-0.2, 0) is 4.74 Å². The van der Waals surface area contributed by atoms with Crippen LogP contribution in [0.15, 0.2) is 18.3 Å². The van der Waals surface area contributed by atoms with E-state index in [4.69, 9.17) is 9.72 Å². The molecule has 2 aromatic rings. The topological polar surface area (TPSA) is 52.0 Å². The predicted octanol–water partition coefficient (Wildman–Crippen LogP) is 2.25. The highest BCUT2D eigenvalue weighted by atomic mass is 16.5. The summed E-state index contributed by atoms with van der Waals surface area (Å²) in [6, 6.07) is 4.43. The number of imidazole rings is 1. The second-order valence-electron chi connectivity index (χ2n) is 6.10. The predicted molar refractivity (Wildman–Crippen MR) is 81.5 cm³/mol. The third kappa shape index (κ3) is 2.45. The molecule has 2 aromatic heterocycles. The lowest BCUT2D eigenvalue weighted by atomic mass is 9.98. The fourth-order valence-electron chi connectivity index (χ4n) is 3.59. The Morgan fingerprint density at radius 2 is 2.29 bits per heavy atom. The second kappa shape index (κ2) is 5.73. The normalized spacial score (nSPS) is 27.0. The molecular formula is C16H22N4O. The van der Waals surface area contributed by atoms with Gasteiger partial charge < -0.3 is 14.6 Å². The van der Waals surface area contributed by atoms with Gasteiger partial charge in [-0.25, -0.2) is 9.97 Å². The van der Waals surface area contributed by atoms with Gasteiger partial charge in [0.05, 0.1) is 12.6 Å². The van der Waals surface area contributed by atoms with Gasteiger partial charge in [0.15, 0.2) is 5.65 Å². The lowest BCUT2D eigenvalue weighted by Crippen LogP contribution is -2.31. The van der Waals surface area contributed by atoms with Gasteiger partial charge in [0.25, 0.3) is 0 Å². The number of fused-ring (bicyclic) bond motifs is 1. The van der Waals surface area contributed by atoms with Gasteiger partial charge in [-0.3, -0.25) is 0 Å². The van der Waals surface area contributed by atoms with Crippen LogP contribution in [0.5, 0.6) is 0 Å². The van der Waals surface area contributed by atoms with Crippen LogP contribution in [-0.4, -0.2) is 40.8 Å². The summed E-state index contributed by atoms with van der Waals surface area (Å²) in [5, 5.41) is 3.50. The zero-order valence-corrected chi connectivity index (χ0v) is 12.3. The first-order valence-corrected chi connectivity index (χ1v) is 8.05. The maximum absolute atomic E-state index is 5.71. The Hall–Kier alpha value is -1.46. The molecule has 2 saturated heterocycles. The first-order chi connectivity index (χ1) is 10.4. The number of hydrogen-bond donors (Lipinski definition) is 1. The number of nitrogens with zero attached hydrogens (tertiary/aromatic N) is 3. The van der Waals surface area contributed by atoms with Gasteiger partial charge in [-0.1, -0.05) is 0 Å². The molecule has 112 valence electrons. The van der Waals surface area contributed by atoms with Crippen molar-refractivity contribution >= 4 is 11.2 Å². The molecule has 0 amide bonds. The zero-order valence-electron chi connectivity index (χ0n) is 12.3. The van der Waals surface area contributed by atoms with Gasteiger partial charge in [0.2, 0.25) is 0 Å². The maximum atomic E-state index is 5.71. The quantitative estimate of drug-likeness (QED) is 0.920. The van der Waals surface area contributed by atoms with Crippen LogP contribution in [0.25, 0.3) is 11.2 Å². The van der Waals surface area contributed by atoms with E-state index in [9.17, 15) is 0 Å². The van der Waals surface area contributed by atoms with E-state index in [0.717, 1.165) is 50.3 Å². The largest absolute Gasteiger partial charge is 0.379 e. The fourth-order valence-corrected chi connectivity index (χ4v) is 3.59. The second-order valence-corrected chi connectivity index (χ2v) is 6.10. The van der Waals surface area contributed by atoms with Crippen LogP contribution in [0.1, 0.15) is 43.5 Å². The average molecular weight is 286 g/mol. The average Bonchev–Trinajstić information content (AvgIpc) is 2.96. The lowest BCUT2D eigenvalue weighted by molar-refractivity contribution is 0.0588. The van der Waals surface area contributed by atoms with E-state index in [1.807, 2.05) is 12.3 Å². The summed E-state index contributed by atoms with van der Waals surface area (Å²) in [6.45, 7) is 3.82. The summed E-state index contributed by atoms with van der Waals surface area (Å²) >= 11 is 0. The van der Waals surface area contributed by atoms with Gasteiger partial charge >= 0.3 is 0 Å². The van der Waals surface area contributed by atoms with Crippen molar-refractivity contribution in [2.45, 2.75) is 37.6 Å². The number of ether oxygens (including phenoxy) is 1. The van der Waals surface area contributed by atoms with E-state index in [1.165, 1.54) is 18.7 Å². The van der Waals surface area contributed by atoms with Gasteiger partial charge in [-0.15, -0.1) is 0 Å². The molecule has 0 spiro atoms. The molecule has 0 aromatic carbocycles. The molecule has 21 heavy (non-hydrogen) atoms.